The van der Waals surface area contributed by atoms with Crippen LogP contribution in [-0.4, -0.2) is 25.5 Å². The lowest BCUT2D eigenvalue weighted by Crippen LogP contribution is -2.12. The third-order valence-corrected chi connectivity index (χ3v) is 5.69. The number of hydrogen-bond donors (Lipinski definition) is 1. The SMILES string of the molecule is Cc1ccc(Cn2cc(Cl)c(NC(=O)c3cc(Cn4cc(Cl)cn4)cs3)n2)cc1. The number of carbonyl (C=O) groups excluding carboxylic acids is 1. The van der Waals surface area contributed by atoms with Crippen LogP contribution in [0.1, 0.15) is 26.4 Å². The molecule has 1 aromatic carbocycles. The number of rotatable bonds is 6. The molecule has 0 saturated heterocycles. The number of benzene rings is 1. The molecule has 0 fully saturated rings. The number of halogens is 2. The van der Waals surface area contributed by atoms with E-state index in [9.17, 15) is 4.79 Å². The average Bonchev–Trinajstić information content (AvgIpc) is 3.39. The molecule has 0 bridgehead atoms. The molecule has 4 rings (SSSR count). The fraction of sp³-hybridized carbons (Fsp3) is 0.150. The third-order valence-electron chi connectivity index (χ3n) is 4.24. The van der Waals surface area contributed by atoms with Gasteiger partial charge < -0.3 is 5.32 Å². The van der Waals surface area contributed by atoms with Crippen LogP contribution in [0.4, 0.5) is 5.82 Å². The molecular formula is C20H17Cl2N5OS. The Morgan fingerprint density at radius 2 is 1.86 bits per heavy atom. The maximum atomic E-state index is 12.6. The summed E-state index contributed by atoms with van der Waals surface area (Å²) in [5.41, 5.74) is 3.27. The Balaban J connectivity index is 1.42. The zero-order chi connectivity index (χ0) is 20.4. The molecule has 3 heterocycles. The zero-order valence-corrected chi connectivity index (χ0v) is 17.8. The highest BCUT2D eigenvalue weighted by Crippen LogP contribution is 2.23. The standard InChI is InChI=1S/C20H17Cl2N5OS/c1-13-2-4-14(5-3-13)8-27-11-17(22)19(25-27)24-20(28)18-6-15(12-29-18)9-26-10-16(21)7-23-26/h2-7,10-12H,8-9H2,1H3,(H,24,25,28). The minimum atomic E-state index is -0.248. The molecule has 0 aliphatic heterocycles. The Morgan fingerprint density at radius 3 is 2.59 bits per heavy atom. The summed E-state index contributed by atoms with van der Waals surface area (Å²) >= 11 is 13.5. The molecule has 0 saturated carbocycles. The number of anilines is 1. The third kappa shape index (κ3) is 4.87. The van der Waals surface area contributed by atoms with E-state index in [0.717, 1.165) is 11.1 Å². The summed E-state index contributed by atoms with van der Waals surface area (Å²) in [7, 11) is 0. The van der Waals surface area contributed by atoms with Crippen molar-refractivity contribution in [3.8, 4) is 0 Å². The van der Waals surface area contributed by atoms with E-state index in [4.69, 9.17) is 23.2 Å². The van der Waals surface area contributed by atoms with E-state index in [0.29, 0.717) is 33.8 Å². The summed E-state index contributed by atoms with van der Waals surface area (Å²) in [5.74, 6) is 0.0971. The van der Waals surface area contributed by atoms with E-state index >= 15 is 0 Å². The Bertz CT molecular complexity index is 1150. The van der Waals surface area contributed by atoms with Crippen molar-refractivity contribution in [2.45, 2.75) is 20.0 Å². The number of nitrogens with one attached hydrogen (secondary N) is 1. The predicted molar refractivity (Wildman–Crippen MR) is 116 cm³/mol. The summed E-state index contributed by atoms with van der Waals surface area (Å²) in [6.45, 7) is 3.16. The Kier molecular flexibility index (Phi) is 5.71. The number of hydrogen-bond acceptors (Lipinski definition) is 4. The normalized spacial score (nSPS) is 11.0. The molecule has 0 aliphatic carbocycles. The number of aromatic nitrogens is 4. The van der Waals surface area contributed by atoms with Crippen molar-refractivity contribution in [3.63, 3.8) is 0 Å². The summed E-state index contributed by atoms with van der Waals surface area (Å²) in [5, 5.41) is 14.2. The van der Waals surface area contributed by atoms with Crippen molar-refractivity contribution in [2.75, 3.05) is 5.32 Å². The zero-order valence-electron chi connectivity index (χ0n) is 15.5. The van der Waals surface area contributed by atoms with Crippen molar-refractivity contribution in [3.05, 3.63) is 85.9 Å². The van der Waals surface area contributed by atoms with Crippen LogP contribution in [0, 0.1) is 6.92 Å². The highest BCUT2D eigenvalue weighted by molar-refractivity contribution is 7.12. The van der Waals surface area contributed by atoms with Gasteiger partial charge in [0.1, 0.15) is 5.02 Å². The number of nitrogens with zero attached hydrogens (tertiary/aromatic N) is 4. The molecular weight excluding hydrogens is 429 g/mol. The van der Waals surface area contributed by atoms with Gasteiger partial charge in [-0.15, -0.1) is 11.3 Å². The number of aryl methyl sites for hydroxylation is 1. The molecule has 148 valence electrons. The number of thiophene rings is 1. The monoisotopic (exact) mass is 445 g/mol. The van der Waals surface area contributed by atoms with Crippen LogP contribution in [0.3, 0.4) is 0 Å². The lowest BCUT2D eigenvalue weighted by Gasteiger charge is -2.03. The van der Waals surface area contributed by atoms with Gasteiger partial charge in [-0.25, -0.2) is 0 Å². The van der Waals surface area contributed by atoms with E-state index in [2.05, 4.69) is 27.6 Å². The van der Waals surface area contributed by atoms with Crippen LogP contribution in [0.25, 0.3) is 0 Å². The fourth-order valence-electron chi connectivity index (χ4n) is 2.80. The van der Waals surface area contributed by atoms with Gasteiger partial charge in [0.15, 0.2) is 5.82 Å². The van der Waals surface area contributed by atoms with Crippen molar-refractivity contribution in [2.24, 2.45) is 0 Å². The number of carbonyl (C=O) groups is 1. The molecule has 4 aromatic rings. The van der Waals surface area contributed by atoms with Gasteiger partial charge >= 0.3 is 0 Å². The van der Waals surface area contributed by atoms with Crippen LogP contribution in [0.5, 0.6) is 0 Å². The molecule has 1 N–H and O–H groups in total. The summed E-state index contributed by atoms with van der Waals surface area (Å²) < 4.78 is 3.43. The van der Waals surface area contributed by atoms with Gasteiger partial charge in [0.05, 0.1) is 29.2 Å². The molecule has 1 amide bonds. The highest BCUT2D eigenvalue weighted by Gasteiger charge is 2.15. The molecule has 0 unspecified atom stereocenters. The molecule has 3 aromatic heterocycles. The molecule has 29 heavy (non-hydrogen) atoms. The molecule has 0 radical (unpaired) electrons. The summed E-state index contributed by atoms with van der Waals surface area (Å²) in [4.78, 5) is 13.2. The van der Waals surface area contributed by atoms with E-state index in [1.54, 1.807) is 28.0 Å². The molecule has 6 nitrogen and oxygen atoms in total. The van der Waals surface area contributed by atoms with E-state index in [1.807, 2.05) is 30.5 Å². The van der Waals surface area contributed by atoms with E-state index in [-0.39, 0.29) is 5.91 Å². The van der Waals surface area contributed by atoms with Crippen molar-refractivity contribution >= 4 is 46.3 Å². The second kappa shape index (κ2) is 8.41. The fourth-order valence-corrected chi connectivity index (χ4v) is 3.95. The minimum Gasteiger partial charge on any atom is -0.303 e. The van der Waals surface area contributed by atoms with Crippen molar-refractivity contribution in [1.29, 1.82) is 0 Å². The maximum Gasteiger partial charge on any atom is 0.266 e. The smallest absolute Gasteiger partial charge is 0.266 e. The van der Waals surface area contributed by atoms with Gasteiger partial charge in [0, 0.05) is 12.4 Å². The first kappa shape index (κ1) is 19.7. The quantitative estimate of drug-likeness (QED) is 0.448. The topological polar surface area (TPSA) is 64.7 Å². The molecule has 0 atom stereocenters. The van der Waals surface area contributed by atoms with Crippen LogP contribution in [-0.2, 0) is 13.1 Å². The van der Waals surface area contributed by atoms with E-state index in [1.165, 1.54) is 16.9 Å². The van der Waals surface area contributed by atoms with Crippen molar-refractivity contribution in [1.82, 2.24) is 19.6 Å². The van der Waals surface area contributed by atoms with Gasteiger partial charge in [-0.05, 0) is 29.5 Å². The first-order valence-electron chi connectivity index (χ1n) is 8.81. The Labute approximate surface area is 181 Å². The maximum absolute atomic E-state index is 12.6. The second-order valence-electron chi connectivity index (χ2n) is 6.64. The number of amides is 1. The Morgan fingerprint density at radius 1 is 1.10 bits per heavy atom. The van der Waals surface area contributed by atoms with E-state index < -0.39 is 0 Å². The molecule has 0 aliphatic rings. The van der Waals surface area contributed by atoms with Crippen LogP contribution in [0.2, 0.25) is 10.0 Å². The van der Waals surface area contributed by atoms with Crippen LogP contribution in [0.15, 0.2) is 54.3 Å². The summed E-state index contributed by atoms with van der Waals surface area (Å²) in [6, 6.07) is 10.0. The minimum absolute atomic E-state index is 0.248. The summed E-state index contributed by atoms with van der Waals surface area (Å²) in [6.07, 6.45) is 5.02. The lowest BCUT2D eigenvalue weighted by atomic mass is 10.1. The molecule has 0 spiro atoms. The highest BCUT2D eigenvalue weighted by atomic mass is 35.5. The van der Waals surface area contributed by atoms with Gasteiger partial charge in [-0.1, -0.05) is 53.0 Å². The van der Waals surface area contributed by atoms with Crippen LogP contribution < -0.4 is 5.32 Å². The van der Waals surface area contributed by atoms with Gasteiger partial charge in [-0.3, -0.25) is 14.2 Å². The van der Waals surface area contributed by atoms with Gasteiger partial charge in [-0.2, -0.15) is 10.2 Å². The largest absolute Gasteiger partial charge is 0.303 e. The van der Waals surface area contributed by atoms with Crippen molar-refractivity contribution < 1.29 is 4.79 Å². The van der Waals surface area contributed by atoms with Gasteiger partial charge in [0.2, 0.25) is 0 Å². The second-order valence-corrected chi connectivity index (χ2v) is 8.39. The van der Waals surface area contributed by atoms with Gasteiger partial charge in [0.25, 0.3) is 5.91 Å². The Hall–Kier alpha value is -2.61. The molecule has 9 heteroatoms. The lowest BCUT2D eigenvalue weighted by molar-refractivity contribution is 0.103. The first-order valence-corrected chi connectivity index (χ1v) is 10.4. The average molecular weight is 446 g/mol. The first-order chi connectivity index (χ1) is 14.0. The predicted octanol–water partition coefficient (Wildman–Crippen LogP) is 5.11. The van der Waals surface area contributed by atoms with Crippen LogP contribution >= 0.6 is 34.5 Å².